The van der Waals surface area contributed by atoms with Crippen molar-refractivity contribution in [2.75, 3.05) is 0 Å². The molecule has 1 heterocycles. The zero-order valence-electron chi connectivity index (χ0n) is 18.5. The molecule has 0 saturated heterocycles. The summed E-state index contributed by atoms with van der Waals surface area (Å²) in [6.45, 7) is 1.36. The highest BCUT2D eigenvalue weighted by Gasteiger charge is 2.31. The molecule has 0 aliphatic carbocycles. The molecule has 0 amide bonds. The van der Waals surface area contributed by atoms with Gasteiger partial charge in [-0.2, -0.15) is 22.9 Å². The van der Waals surface area contributed by atoms with E-state index in [2.05, 4.69) is 26.0 Å². The third kappa shape index (κ3) is 5.30. The molecule has 0 aliphatic heterocycles. The van der Waals surface area contributed by atoms with Gasteiger partial charge in [-0.05, 0) is 49.4 Å². The number of fused-ring (bicyclic) bond motifs is 1. The number of nitrogens with zero attached hydrogens (tertiary/aromatic N) is 3. The highest BCUT2D eigenvalue weighted by Crippen LogP contribution is 2.32. The van der Waals surface area contributed by atoms with Crippen LogP contribution in [0, 0.1) is 0 Å². The number of aliphatic carboxylic acids is 1. The zero-order valence-corrected chi connectivity index (χ0v) is 20.1. The summed E-state index contributed by atoms with van der Waals surface area (Å²) in [4.78, 5) is 29.0. The normalized spacial score (nSPS) is 12.7. The van der Waals surface area contributed by atoms with Crippen molar-refractivity contribution in [3.63, 3.8) is 0 Å². The number of ether oxygens (including phenoxy) is 1. The number of aromatic nitrogens is 2. The predicted molar refractivity (Wildman–Crippen MR) is 131 cm³/mol. The van der Waals surface area contributed by atoms with Gasteiger partial charge in [0, 0.05) is 15.6 Å². The molecule has 1 N–H and O–H groups in total. The highest BCUT2D eigenvalue weighted by molar-refractivity contribution is 9.10. The third-order valence-corrected chi connectivity index (χ3v) is 5.63. The first-order valence-electron chi connectivity index (χ1n) is 10.5. The summed E-state index contributed by atoms with van der Waals surface area (Å²) in [7, 11) is 0. The first kappa shape index (κ1) is 25.1. The van der Waals surface area contributed by atoms with Gasteiger partial charge in [-0.3, -0.25) is 4.79 Å². The van der Waals surface area contributed by atoms with Crippen LogP contribution in [0.15, 0.2) is 81.1 Å². The molecule has 0 radical (unpaired) electrons. The summed E-state index contributed by atoms with van der Waals surface area (Å²) < 4.78 is 47.1. The van der Waals surface area contributed by atoms with Gasteiger partial charge in [0.1, 0.15) is 5.75 Å². The van der Waals surface area contributed by atoms with E-state index in [1.807, 2.05) is 0 Å². The molecular formula is C25H17BrF3N3O4. The summed E-state index contributed by atoms with van der Waals surface area (Å²) in [5.74, 6) is -1.10. The lowest BCUT2D eigenvalue weighted by molar-refractivity contribution is -0.144. The molecule has 36 heavy (non-hydrogen) atoms. The number of para-hydroxylation sites is 1. The lowest BCUT2D eigenvalue weighted by Gasteiger charge is -2.14. The van der Waals surface area contributed by atoms with Crippen LogP contribution in [0.4, 0.5) is 13.2 Å². The Morgan fingerprint density at radius 2 is 1.89 bits per heavy atom. The van der Waals surface area contributed by atoms with Crippen molar-refractivity contribution in [1.82, 2.24) is 9.66 Å². The zero-order chi connectivity index (χ0) is 26.0. The van der Waals surface area contributed by atoms with Crippen LogP contribution in [0.1, 0.15) is 18.1 Å². The standard InChI is InChI=1S/C25H17BrF3N3O4/c1-14(24(34)35)36-21-10-9-18(26)12-16(21)13-30-32-22(15-5-4-6-17(11-15)25(27,28)29)31-20-8-3-2-7-19(20)23(32)33/h2-14H,1H3,(H,34,35)/t14-/m1/s1. The van der Waals surface area contributed by atoms with Gasteiger partial charge in [-0.15, -0.1) is 0 Å². The maximum atomic E-state index is 13.4. The summed E-state index contributed by atoms with van der Waals surface area (Å²) in [6.07, 6.45) is -4.50. The van der Waals surface area contributed by atoms with E-state index in [0.29, 0.717) is 15.6 Å². The van der Waals surface area contributed by atoms with Crippen LogP contribution < -0.4 is 10.3 Å². The Morgan fingerprint density at radius 1 is 1.14 bits per heavy atom. The average Bonchev–Trinajstić information content (AvgIpc) is 2.84. The molecule has 7 nitrogen and oxygen atoms in total. The van der Waals surface area contributed by atoms with Gasteiger partial charge in [0.15, 0.2) is 11.9 Å². The van der Waals surface area contributed by atoms with Crippen molar-refractivity contribution in [3.8, 4) is 17.1 Å². The topological polar surface area (TPSA) is 93.8 Å². The molecule has 4 rings (SSSR count). The van der Waals surface area contributed by atoms with Crippen molar-refractivity contribution in [1.29, 1.82) is 0 Å². The molecule has 0 spiro atoms. The van der Waals surface area contributed by atoms with Crippen LogP contribution in [0.25, 0.3) is 22.3 Å². The highest BCUT2D eigenvalue weighted by atomic mass is 79.9. The number of hydrogen-bond acceptors (Lipinski definition) is 5. The second kappa shape index (κ2) is 9.94. The van der Waals surface area contributed by atoms with E-state index in [-0.39, 0.29) is 22.5 Å². The van der Waals surface area contributed by atoms with Crippen LogP contribution in [-0.4, -0.2) is 33.1 Å². The SMILES string of the molecule is C[C@@H](Oc1ccc(Br)cc1C=Nn1c(-c2cccc(C(F)(F)F)c2)nc2ccccc2c1=O)C(=O)O. The minimum Gasteiger partial charge on any atom is -0.479 e. The summed E-state index contributed by atoms with van der Waals surface area (Å²) in [5, 5.41) is 13.6. The maximum Gasteiger partial charge on any atom is 0.416 e. The summed E-state index contributed by atoms with van der Waals surface area (Å²) in [6, 6.07) is 15.6. The van der Waals surface area contributed by atoms with E-state index >= 15 is 0 Å². The molecule has 11 heteroatoms. The Balaban J connectivity index is 1.90. The molecule has 0 bridgehead atoms. The monoisotopic (exact) mass is 559 g/mol. The first-order valence-corrected chi connectivity index (χ1v) is 11.3. The fourth-order valence-electron chi connectivity index (χ4n) is 3.34. The second-order valence-corrected chi connectivity index (χ2v) is 8.59. The minimum atomic E-state index is -4.59. The van der Waals surface area contributed by atoms with Gasteiger partial charge in [-0.1, -0.05) is 40.2 Å². The molecule has 1 atom stereocenters. The number of carboxylic acid groups (broad SMARTS) is 1. The minimum absolute atomic E-state index is 0.0371. The summed E-state index contributed by atoms with van der Waals surface area (Å²) in [5.41, 5.74) is -0.838. The van der Waals surface area contributed by atoms with E-state index in [1.165, 1.54) is 37.4 Å². The van der Waals surface area contributed by atoms with Gasteiger partial charge in [-0.25, -0.2) is 9.78 Å². The van der Waals surface area contributed by atoms with Crippen molar-refractivity contribution in [2.45, 2.75) is 19.2 Å². The quantitative estimate of drug-likeness (QED) is 0.311. The van der Waals surface area contributed by atoms with E-state index < -0.39 is 29.4 Å². The van der Waals surface area contributed by atoms with E-state index in [9.17, 15) is 27.9 Å². The first-order chi connectivity index (χ1) is 17.0. The van der Waals surface area contributed by atoms with Crippen LogP contribution >= 0.6 is 15.9 Å². The van der Waals surface area contributed by atoms with Gasteiger partial charge >= 0.3 is 12.1 Å². The van der Waals surface area contributed by atoms with Crippen LogP contribution in [0.5, 0.6) is 5.75 Å². The Hall–Kier alpha value is -3.99. The van der Waals surface area contributed by atoms with Crippen molar-refractivity contribution < 1.29 is 27.8 Å². The molecule has 1 aromatic heterocycles. The van der Waals surface area contributed by atoms with Crippen LogP contribution in [-0.2, 0) is 11.0 Å². The van der Waals surface area contributed by atoms with Crippen LogP contribution in [0.2, 0.25) is 0 Å². The van der Waals surface area contributed by atoms with Gasteiger partial charge in [0.2, 0.25) is 0 Å². The smallest absolute Gasteiger partial charge is 0.416 e. The molecule has 0 aliphatic rings. The van der Waals surface area contributed by atoms with Crippen LogP contribution in [0.3, 0.4) is 0 Å². The Morgan fingerprint density at radius 3 is 2.61 bits per heavy atom. The molecule has 184 valence electrons. The molecule has 0 saturated carbocycles. The lowest BCUT2D eigenvalue weighted by Crippen LogP contribution is -2.23. The molecule has 0 fully saturated rings. The molecule has 0 unspecified atom stereocenters. The van der Waals surface area contributed by atoms with Crippen molar-refractivity contribution in [3.05, 3.63) is 92.7 Å². The van der Waals surface area contributed by atoms with Crippen molar-refractivity contribution in [2.24, 2.45) is 5.10 Å². The maximum absolute atomic E-state index is 13.4. The Labute approximate surface area is 210 Å². The van der Waals surface area contributed by atoms with E-state index in [0.717, 1.165) is 16.8 Å². The average molecular weight is 560 g/mol. The number of carbonyl (C=O) groups is 1. The predicted octanol–water partition coefficient (Wildman–Crippen LogP) is 5.58. The number of halogens is 4. The number of rotatable bonds is 6. The Kier molecular flexibility index (Phi) is 6.93. The number of hydrogen-bond donors (Lipinski definition) is 1. The van der Waals surface area contributed by atoms with Gasteiger partial charge in [0.05, 0.1) is 22.7 Å². The number of alkyl halides is 3. The fraction of sp³-hybridized carbons (Fsp3) is 0.120. The largest absolute Gasteiger partial charge is 0.479 e. The molecule has 3 aromatic carbocycles. The van der Waals surface area contributed by atoms with E-state index in [1.54, 1.807) is 30.3 Å². The molecular weight excluding hydrogens is 543 g/mol. The molecule has 4 aromatic rings. The number of benzene rings is 3. The fourth-order valence-corrected chi connectivity index (χ4v) is 3.72. The van der Waals surface area contributed by atoms with Gasteiger partial charge < -0.3 is 9.84 Å². The van der Waals surface area contributed by atoms with E-state index in [4.69, 9.17) is 4.74 Å². The number of carboxylic acids is 1. The Bertz CT molecular complexity index is 1550. The second-order valence-electron chi connectivity index (χ2n) is 7.67. The summed E-state index contributed by atoms with van der Waals surface area (Å²) >= 11 is 3.32. The van der Waals surface area contributed by atoms with Gasteiger partial charge in [0.25, 0.3) is 5.56 Å². The lowest BCUT2D eigenvalue weighted by atomic mass is 10.1. The van der Waals surface area contributed by atoms with Crippen molar-refractivity contribution >= 4 is 39.0 Å². The third-order valence-electron chi connectivity index (χ3n) is 5.14.